The molecule has 0 aliphatic heterocycles. The van der Waals surface area contributed by atoms with Crippen LogP contribution in [0.2, 0.25) is 0 Å². The van der Waals surface area contributed by atoms with E-state index in [-0.39, 0.29) is 23.7 Å². The molecule has 0 bridgehead atoms. The van der Waals surface area contributed by atoms with Crippen molar-refractivity contribution >= 4 is 18.3 Å². The summed E-state index contributed by atoms with van der Waals surface area (Å²) in [4.78, 5) is 12.6. The van der Waals surface area contributed by atoms with Gasteiger partial charge < -0.3 is 11.1 Å². The van der Waals surface area contributed by atoms with Gasteiger partial charge in [0.1, 0.15) is 5.54 Å². The zero-order valence-electron chi connectivity index (χ0n) is 14.0. The van der Waals surface area contributed by atoms with E-state index in [1.165, 1.54) is 12.0 Å². The van der Waals surface area contributed by atoms with Gasteiger partial charge in [0.25, 0.3) is 0 Å². The molecule has 1 unspecified atom stereocenters. The van der Waals surface area contributed by atoms with Crippen LogP contribution in [0.1, 0.15) is 37.3 Å². The van der Waals surface area contributed by atoms with Gasteiger partial charge in [0.05, 0.1) is 0 Å². The van der Waals surface area contributed by atoms with Crippen LogP contribution in [-0.4, -0.2) is 12.5 Å². The van der Waals surface area contributed by atoms with Crippen molar-refractivity contribution < 1.29 is 4.79 Å². The number of amides is 1. The number of carbonyl (C=O) groups is 1. The standard InChI is InChI=1S/C20H24N2O.ClH/c1-19(21,16-9-4-2-5-10-16)18(23)22-15-20(13-8-14-20)17-11-6-3-7-12-17;/h2-7,9-12H,8,13-15,21H2,1H3,(H,22,23);1H. The molecule has 0 aromatic heterocycles. The fourth-order valence-corrected chi connectivity index (χ4v) is 3.31. The van der Waals surface area contributed by atoms with E-state index >= 15 is 0 Å². The zero-order chi connectivity index (χ0) is 16.3. The first-order valence-corrected chi connectivity index (χ1v) is 8.23. The Balaban J connectivity index is 0.00000208. The molecule has 3 N–H and O–H groups in total. The van der Waals surface area contributed by atoms with E-state index in [0.717, 1.165) is 18.4 Å². The molecule has 1 amide bonds. The molecule has 3 nitrogen and oxygen atoms in total. The van der Waals surface area contributed by atoms with Gasteiger partial charge in [-0.2, -0.15) is 0 Å². The van der Waals surface area contributed by atoms with Crippen molar-refractivity contribution in [3.63, 3.8) is 0 Å². The van der Waals surface area contributed by atoms with E-state index in [9.17, 15) is 4.79 Å². The summed E-state index contributed by atoms with van der Waals surface area (Å²) < 4.78 is 0. The summed E-state index contributed by atoms with van der Waals surface area (Å²) in [6, 6.07) is 20.0. The second-order valence-corrected chi connectivity index (χ2v) is 6.75. The van der Waals surface area contributed by atoms with Crippen molar-refractivity contribution in [3.8, 4) is 0 Å². The molecule has 1 atom stereocenters. The fourth-order valence-electron chi connectivity index (χ4n) is 3.31. The maximum Gasteiger partial charge on any atom is 0.244 e. The second-order valence-electron chi connectivity index (χ2n) is 6.75. The number of hydrogen-bond acceptors (Lipinski definition) is 2. The summed E-state index contributed by atoms with van der Waals surface area (Å²) in [7, 11) is 0. The highest BCUT2D eigenvalue weighted by Gasteiger charge is 2.40. The molecule has 0 spiro atoms. The van der Waals surface area contributed by atoms with Crippen LogP contribution in [0.25, 0.3) is 0 Å². The normalized spacial score (nSPS) is 17.8. The average Bonchev–Trinajstić information content (AvgIpc) is 2.55. The molecule has 1 aliphatic carbocycles. The topological polar surface area (TPSA) is 55.1 Å². The molecule has 2 aromatic carbocycles. The van der Waals surface area contributed by atoms with E-state index < -0.39 is 5.54 Å². The lowest BCUT2D eigenvalue weighted by Crippen LogP contribution is -2.53. The van der Waals surface area contributed by atoms with E-state index in [0.29, 0.717) is 6.54 Å². The molecule has 1 aliphatic rings. The monoisotopic (exact) mass is 344 g/mol. The number of nitrogens with one attached hydrogen (secondary N) is 1. The number of benzene rings is 2. The van der Waals surface area contributed by atoms with Crippen LogP contribution in [-0.2, 0) is 15.7 Å². The molecule has 24 heavy (non-hydrogen) atoms. The maximum atomic E-state index is 12.6. The first-order chi connectivity index (χ1) is 11.0. The largest absolute Gasteiger partial charge is 0.353 e. The Morgan fingerprint density at radius 2 is 1.62 bits per heavy atom. The van der Waals surface area contributed by atoms with E-state index in [2.05, 4.69) is 29.6 Å². The molecule has 1 saturated carbocycles. The lowest BCUT2D eigenvalue weighted by atomic mass is 9.64. The Labute approximate surface area is 150 Å². The smallest absolute Gasteiger partial charge is 0.244 e. The third-order valence-corrected chi connectivity index (χ3v) is 5.13. The molecule has 2 aromatic rings. The quantitative estimate of drug-likeness (QED) is 0.871. The van der Waals surface area contributed by atoms with Crippen LogP contribution in [0.15, 0.2) is 60.7 Å². The molecule has 0 radical (unpaired) electrons. The Kier molecular flexibility index (Phi) is 5.68. The van der Waals surface area contributed by atoms with Crippen LogP contribution in [0, 0.1) is 0 Å². The van der Waals surface area contributed by atoms with Crippen LogP contribution in [0.4, 0.5) is 0 Å². The zero-order valence-corrected chi connectivity index (χ0v) is 14.8. The van der Waals surface area contributed by atoms with Gasteiger partial charge in [-0.25, -0.2) is 0 Å². The number of halogens is 1. The number of rotatable bonds is 5. The lowest BCUT2D eigenvalue weighted by Gasteiger charge is -2.43. The van der Waals surface area contributed by atoms with Gasteiger partial charge in [-0.05, 0) is 30.9 Å². The third kappa shape index (κ3) is 3.47. The van der Waals surface area contributed by atoms with Gasteiger partial charge >= 0.3 is 0 Å². The molecular formula is C20H25ClN2O. The Bertz CT molecular complexity index is 667. The van der Waals surface area contributed by atoms with Crippen LogP contribution >= 0.6 is 12.4 Å². The fraction of sp³-hybridized carbons (Fsp3) is 0.350. The van der Waals surface area contributed by atoms with Crippen molar-refractivity contribution in [1.82, 2.24) is 5.32 Å². The van der Waals surface area contributed by atoms with Gasteiger partial charge in [0, 0.05) is 12.0 Å². The van der Waals surface area contributed by atoms with Crippen molar-refractivity contribution in [2.75, 3.05) is 6.54 Å². The van der Waals surface area contributed by atoms with Crippen LogP contribution in [0.5, 0.6) is 0 Å². The summed E-state index contributed by atoms with van der Waals surface area (Å²) >= 11 is 0. The minimum Gasteiger partial charge on any atom is -0.353 e. The number of carbonyl (C=O) groups excluding carboxylic acids is 1. The maximum absolute atomic E-state index is 12.6. The lowest BCUT2D eigenvalue weighted by molar-refractivity contribution is -0.126. The third-order valence-electron chi connectivity index (χ3n) is 5.13. The van der Waals surface area contributed by atoms with E-state index in [1.807, 2.05) is 36.4 Å². The first kappa shape index (κ1) is 18.5. The summed E-state index contributed by atoms with van der Waals surface area (Å²) in [6.07, 6.45) is 3.44. The Morgan fingerprint density at radius 3 is 2.12 bits per heavy atom. The summed E-state index contributed by atoms with van der Waals surface area (Å²) in [5, 5.41) is 3.10. The van der Waals surface area contributed by atoms with Gasteiger partial charge in [0.15, 0.2) is 0 Å². The van der Waals surface area contributed by atoms with Crippen molar-refractivity contribution in [2.45, 2.75) is 37.1 Å². The predicted molar refractivity (Wildman–Crippen MR) is 100 cm³/mol. The first-order valence-electron chi connectivity index (χ1n) is 8.23. The predicted octanol–water partition coefficient (Wildman–Crippen LogP) is 3.52. The van der Waals surface area contributed by atoms with E-state index in [1.54, 1.807) is 6.92 Å². The molecule has 0 saturated heterocycles. The van der Waals surface area contributed by atoms with E-state index in [4.69, 9.17) is 5.73 Å². The molecular weight excluding hydrogens is 320 g/mol. The highest BCUT2D eigenvalue weighted by atomic mass is 35.5. The Morgan fingerprint density at radius 1 is 1.08 bits per heavy atom. The molecule has 128 valence electrons. The number of hydrogen-bond donors (Lipinski definition) is 2. The van der Waals surface area contributed by atoms with Crippen LogP contribution in [0.3, 0.4) is 0 Å². The Hall–Kier alpha value is -1.84. The molecule has 4 heteroatoms. The highest BCUT2D eigenvalue weighted by Crippen LogP contribution is 2.43. The SMILES string of the molecule is CC(N)(C(=O)NCC1(c2ccccc2)CCC1)c1ccccc1.Cl. The van der Waals surface area contributed by atoms with Gasteiger partial charge in [-0.15, -0.1) is 12.4 Å². The molecule has 0 heterocycles. The van der Waals surface area contributed by atoms with Crippen LogP contribution < -0.4 is 11.1 Å². The van der Waals surface area contributed by atoms with Crippen molar-refractivity contribution in [3.05, 3.63) is 71.8 Å². The second kappa shape index (κ2) is 7.37. The van der Waals surface area contributed by atoms with Gasteiger partial charge in [-0.1, -0.05) is 67.1 Å². The molecule has 3 rings (SSSR count). The minimum absolute atomic E-state index is 0. The summed E-state index contributed by atoms with van der Waals surface area (Å²) in [6.45, 7) is 2.42. The van der Waals surface area contributed by atoms with Crippen molar-refractivity contribution in [1.29, 1.82) is 0 Å². The summed E-state index contributed by atoms with van der Waals surface area (Å²) in [5.41, 5.74) is 7.50. The average molecular weight is 345 g/mol. The highest BCUT2D eigenvalue weighted by molar-refractivity contribution is 5.87. The number of nitrogens with two attached hydrogens (primary N) is 1. The minimum atomic E-state index is -1.01. The van der Waals surface area contributed by atoms with Crippen molar-refractivity contribution in [2.24, 2.45) is 5.73 Å². The molecule has 1 fully saturated rings. The van der Waals surface area contributed by atoms with Gasteiger partial charge in [0.2, 0.25) is 5.91 Å². The van der Waals surface area contributed by atoms with Gasteiger partial charge in [-0.3, -0.25) is 4.79 Å². The summed E-state index contributed by atoms with van der Waals surface area (Å²) in [5.74, 6) is -0.120.